The molecule has 2 fully saturated rings. The summed E-state index contributed by atoms with van der Waals surface area (Å²) in [4.78, 5) is 10.6. The second kappa shape index (κ2) is 37.4. The molecular weight excluding hydrogens is 1580 g/mol. The lowest BCUT2D eigenvalue weighted by Crippen LogP contribution is -2.66. The van der Waals surface area contributed by atoms with Crippen molar-refractivity contribution < 1.29 is 35.2 Å². The van der Waals surface area contributed by atoms with Crippen molar-refractivity contribution >= 4 is 174 Å². The first kappa shape index (κ1) is 77.2. The van der Waals surface area contributed by atoms with Crippen LogP contribution in [-0.2, 0) is 41.7 Å². The van der Waals surface area contributed by atoms with E-state index in [0.29, 0.717) is 23.0 Å². The van der Waals surface area contributed by atoms with Crippen molar-refractivity contribution in [1.29, 1.82) is 0 Å². The predicted molar refractivity (Wildman–Crippen MR) is 556 cm³/mol. The highest BCUT2D eigenvalue weighted by molar-refractivity contribution is 6.85. The van der Waals surface area contributed by atoms with Gasteiger partial charge >= 0.3 is 34.2 Å². The molecule has 10 nitrogen and oxygen atoms in total. The number of nitrogens with zero attached hydrogens (tertiary/aromatic N) is 10. The summed E-state index contributed by atoms with van der Waals surface area (Å²) < 4.78 is 83.3. The second-order valence-electron chi connectivity index (χ2n) is 37.3. The lowest BCUT2D eigenvalue weighted by atomic mass is 9.48. The SMILES string of the molecule is CC1=Cc2ccccc2B(c2cc(C3CCCC3)c3ccccc3[n+]2C)N1C.CC1=Cc2ccccc2B(c2cc(CC3CCCCC3)c3ccccc3[n+]2C)N1C.[2H]C([2H])([2H])C1=Cc2ccccc2B(c2cc(C)c3c(C)cccc3[n+]2C)N1C.[2H]C([2H])([2H])C1=Cc2ccccc2B(c2ccc3c(C)cccc3[n+]2C)N1C.[2H]C([2H])([2H])C1=Cc2ccccc2B(c2ccc3ccccc3[n+]2C)N1C. The monoisotopic (exact) mass is 1710 g/mol. The molecule has 5 aliphatic heterocycles. The number of rotatable bonds is 8. The van der Waals surface area contributed by atoms with Gasteiger partial charge in [0.25, 0.3) is 0 Å². The molecule has 0 amide bonds. The number of pyridine rings is 5. The van der Waals surface area contributed by atoms with E-state index in [4.69, 9.17) is 12.3 Å². The number of fused-ring (bicyclic) bond motifs is 10. The van der Waals surface area contributed by atoms with Gasteiger partial charge in [-0.25, -0.2) is 22.8 Å². The number of aromatic nitrogens is 5. The molecule has 0 N–H and O–H groups in total. The van der Waals surface area contributed by atoms with E-state index in [9.17, 15) is 0 Å². The van der Waals surface area contributed by atoms with Crippen LogP contribution in [0.15, 0.2) is 301 Å². The van der Waals surface area contributed by atoms with E-state index in [0.717, 1.165) is 77.7 Å². The van der Waals surface area contributed by atoms with Gasteiger partial charge in [0.1, 0.15) is 35.2 Å². The highest BCUT2D eigenvalue weighted by Crippen LogP contribution is 2.38. The highest BCUT2D eigenvalue weighted by Gasteiger charge is 2.44. The maximum Gasteiger partial charge on any atom is 0.404 e. The van der Waals surface area contributed by atoms with Gasteiger partial charge in [-0.15, -0.1) is 0 Å². The minimum Gasteiger partial charge on any atom is -0.408 e. The summed E-state index contributed by atoms with van der Waals surface area (Å²) in [6.07, 6.45) is 23.6. The third-order valence-corrected chi connectivity index (χ3v) is 29.6. The van der Waals surface area contributed by atoms with Gasteiger partial charge in [0.05, 0.1) is 5.39 Å². The Morgan fingerprint density at radius 2 is 0.638 bits per heavy atom. The Hall–Kier alpha value is -12.7. The van der Waals surface area contributed by atoms with E-state index < -0.39 is 20.6 Å². The molecule has 10 heterocycles. The van der Waals surface area contributed by atoms with Crippen LogP contribution in [0.5, 0.6) is 0 Å². The molecule has 0 spiro atoms. The summed E-state index contributed by atoms with van der Waals surface area (Å²) in [5, 5.41) is 6.49. The molecule has 7 aliphatic rings. The average Bonchev–Trinajstić information content (AvgIpc) is 0.972. The predicted octanol–water partition coefficient (Wildman–Crippen LogP) is 15.1. The molecule has 15 aromatic rings. The van der Waals surface area contributed by atoms with Crippen LogP contribution in [0.1, 0.15) is 166 Å². The van der Waals surface area contributed by atoms with Gasteiger partial charge in [-0.05, 0) is 306 Å². The summed E-state index contributed by atoms with van der Waals surface area (Å²) >= 11 is 0. The van der Waals surface area contributed by atoms with Crippen molar-refractivity contribution in [3.8, 4) is 0 Å². The third kappa shape index (κ3) is 16.7. The van der Waals surface area contributed by atoms with Gasteiger partial charge in [0, 0.05) is 82.4 Å². The van der Waals surface area contributed by atoms with Gasteiger partial charge in [-0.2, -0.15) is 0 Å². The maximum absolute atomic E-state index is 8.02. The molecule has 0 unspecified atom stereocenters. The van der Waals surface area contributed by atoms with Gasteiger partial charge in [0.2, 0.25) is 27.6 Å². The maximum atomic E-state index is 8.02. The highest BCUT2D eigenvalue weighted by atomic mass is 15.1. The van der Waals surface area contributed by atoms with Crippen molar-refractivity contribution in [3.05, 3.63) is 357 Å². The van der Waals surface area contributed by atoms with Crippen LogP contribution in [0.3, 0.4) is 0 Å². The first-order valence-electron chi connectivity index (χ1n) is 51.2. The molecule has 0 saturated heterocycles. The zero-order valence-electron chi connectivity index (χ0n) is 87.5. The molecule has 0 atom stereocenters. The number of allylic oxidation sites excluding steroid dienone is 5. The summed E-state index contributed by atoms with van der Waals surface area (Å²) in [6.45, 7) is 4.36. The Morgan fingerprint density at radius 1 is 0.292 bits per heavy atom. The number of para-hydroxylation sites is 3. The normalized spacial score (nSPS) is 16.7. The summed E-state index contributed by atoms with van der Waals surface area (Å²) in [7, 11) is 20.7. The van der Waals surface area contributed by atoms with Gasteiger partial charge in [-0.1, -0.05) is 227 Å². The Kier molecular flexibility index (Phi) is 22.2. The molecule has 10 aromatic carbocycles. The summed E-state index contributed by atoms with van der Waals surface area (Å²) in [6, 6.07) is 96.4. The first-order chi connectivity index (χ1) is 66.6. The zero-order chi connectivity index (χ0) is 97.9. The van der Waals surface area contributed by atoms with E-state index in [1.165, 1.54) is 164 Å². The molecule has 22 rings (SSSR count). The number of benzene rings is 10. The van der Waals surface area contributed by atoms with E-state index in [1.807, 2.05) is 109 Å². The Labute approximate surface area is 787 Å². The Balaban J connectivity index is 0.000000115. The van der Waals surface area contributed by atoms with E-state index in [1.54, 1.807) is 23.8 Å². The lowest BCUT2D eigenvalue weighted by Gasteiger charge is -2.32. The topological polar surface area (TPSA) is 35.6 Å². The van der Waals surface area contributed by atoms with Crippen molar-refractivity contribution in [3.63, 3.8) is 0 Å². The van der Waals surface area contributed by atoms with Crippen LogP contribution >= 0.6 is 0 Å². The Morgan fingerprint density at radius 3 is 1.14 bits per heavy atom. The molecule has 0 bridgehead atoms. The molecule has 0 radical (unpaired) electrons. The van der Waals surface area contributed by atoms with Crippen LogP contribution in [-0.4, -0.2) is 93.5 Å². The lowest BCUT2D eigenvalue weighted by molar-refractivity contribution is -0.627. The summed E-state index contributed by atoms with van der Waals surface area (Å²) in [5.74, 6) is 1.53. The van der Waals surface area contributed by atoms with E-state index in [-0.39, 0.29) is 34.2 Å². The first-order valence-corrected chi connectivity index (χ1v) is 46.7. The van der Waals surface area contributed by atoms with E-state index >= 15 is 0 Å². The fourth-order valence-electron chi connectivity index (χ4n) is 22.2. The van der Waals surface area contributed by atoms with Crippen molar-refractivity contribution in [2.24, 2.45) is 41.2 Å². The van der Waals surface area contributed by atoms with Crippen molar-refractivity contribution in [1.82, 2.24) is 24.1 Å². The number of hydrogen-bond acceptors (Lipinski definition) is 5. The minimum atomic E-state index is -2.17. The quantitative estimate of drug-likeness (QED) is 0.112. The minimum absolute atomic E-state index is 0.152. The standard InChI is InChI=1S/C27H32BN2.C25H28BN2.C22H24BN2.C21H22BN2.C20H20BN2/c1-20-17-22-13-7-9-15-25(22)28(30(20)3)27-19-23(18-21-11-5-4-6-12-21)24-14-8-10-16-26(24)29(27)2;1-18-16-20-12-6-8-14-23(20)26(28(18)3)25-17-22(19-10-4-5-11-19)21-13-7-9-15-24(21)27(25)2;1-15-9-8-12-20-22(15)16(2)13-21(24(20)4)23-19-11-7-6-10-18(19)14-17(3)25(23)5;1-15-8-7-11-20-18(15)12-13-21(23(20)3)22-19-10-6-5-9-17(19)14-16(2)24(22)4;1-15-14-17-9-4-6-10-18(17)21(23(15)3)20-13-12-16-8-5-7-11-19(16)22(20)2/h7-10,13-17,19,21H,4-6,11-12,18H2,1-3H3;6-9,12-17,19H,4-5,10-11H2,1-3H3;6-14H,1-5H3;5-14H,1-4H3;4-14H,1-3H3/q5*+1/i;;3D3;2D3;1D3. The van der Waals surface area contributed by atoms with Crippen LogP contribution in [0.25, 0.3) is 84.9 Å². The zero-order valence-corrected chi connectivity index (χ0v) is 78.5. The smallest absolute Gasteiger partial charge is 0.404 e. The van der Waals surface area contributed by atoms with Crippen molar-refractivity contribution in [2.45, 2.75) is 125 Å². The molecular formula is C115H126B5N10+5. The second-order valence-corrected chi connectivity index (χ2v) is 37.3. The molecule has 130 heavy (non-hydrogen) atoms. The van der Waals surface area contributed by atoms with Gasteiger partial charge in [-0.3, -0.25) is 0 Å². The number of aryl methyl sites for hydroxylation is 8. The largest absolute Gasteiger partial charge is 0.408 e. The fourth-order valence-corrected chi connectivity index (χ4v) is 22.2. The summed E-state index contributed by atoms with van der Waals surface area (Å²) in [5.41, 5.74) is 34.4. The number of hydrogen-bond donors (Lipinski definition) is 0. The third-order valence-electron chi connectivity index (χ3n) is 29.6. The van der Waals surface area contributed by atoms with Crippen LogP contribution in [0.4, 0.5) is 0 Å². The van der Waals surface area contributed by atoms with Gasteiger partial charge < -0.3 is 24.1 Å². The molecule has 5 aromatic heterocycles. The van der Waals surface area contributed by atoms with Crippen LogP contribution in [0, 0.1) is 26.7 Å². The van der Waals surface area contributed by atoms with Crippen LogP contribution < -0.4 is 78.1 Å². The molecule has 2 saturated carbocycles. The van der Waals surface area contributed by atoms with Crippen LogP contribution in [0.2, 0.25) is 0 Å². The van der Waals surface area contributed by atoms with Gasteiger partial charge in [0.15, 0.2) is 28.0 Å². The van der Waals surface area contributed by atoms with Crippen molar-refractivity contribution in [2.75, 3.05) is 35.2 Å². The Bertz CT molecular complexity index is 7440. The molecule has 2 aliphatic carbocycles. The van der Waals surface area contributed by atoms with E-state index in [2.05, 4.69) is 328 Å². The molecule has 646 valence electrons. The molecule has 15 heteroatoms. The fraction of sp³-hybridized carbons (Fsp3) is 0.261. The average molecular weight is 1710 g/mol.